The Bertz CT molecular complexity index is 748. The van der Waals surface area contributed by atoms with E-state index in [1.165, 1.54) is 57.3 Å². The first kappa shape index (κ1) is 16.5. The fourth-order valence-corrected chi connectivity index (χ4v) is 5.42. The number of hydrogen-bond acceptors (Lipinski definition) is 2. The van der Waals surface area contributed by atoms with E-state index in [1.54, 1.807) is 11.1 Å². The zero-order chi connectivity index (χ0) is 17.4. The maximum absolute atomic E-state index is 6.40. The van der Waals surface area contributed by atoms with Crippen LogP contribution >= 0.6 is 0 Å². The maximum atomic E-state index is 6.40. The second kappa shape index (κ2) is 6.83. The molecule has 2 heteroatoms. The van der Waals surface area contributed by atoms with E-state index in [0.29, 0.717) is 5.92 Å². The minimum atomic E-state index is 0.143. The molecule has 0 saturated carbocycles. The number of piperidine rings is 1. The van der Waals surface area contributed by atoms with Crippen molar-refractivity contribution in [2.45, 2.75) is 49.5 Å². The molecule has 0 radical (unpaired) electrons. The van der Waals surface area contributed by atoms with Crippen LogP contribution in [-0.4, -0.2) is 36.7 Å². The molecule has 2 aromatic rings. The largest absolute Gasteiger partial charge is 0.374 e. The van der Waals surface area contributed by atoms with E-state index in [4.69, 9.17) is 4.74 Å². The van der Waals surface area contributed by atoms with Gasteiger partial charge in [0, 0.05) is 25.6 Å². The van der Waals surface area contributed by atoms with Gasteiger partial charge in [-0.25, -0.2) is 0 Å². The Morgan fingerprint density at radius 2 is 1.73 bits per heavy atom. The Kier molecular flexibility index (Phi) is 4.34. The fourth-order valence-electron chi connectivity index (χ4n) is 5.42. The molecule has 136 valence electrons. The molecule has 5 rings (SSSR count). The lowest BCUT2D eigenvalue weighted by Crippen LogP contribution is -2.45. The van der Waals surface area contributed by atoms with E-state index in [1.807, 2.05) is 0 Å². The van der Waals surface area contributed by atoms with Crippen LogP contribution < -0.4 is 0 Å². The molecule has 2 saturated heterocycles. The molecular weight excluding hydrogens is 318 g/mol. The monoisotopic (exact) mass is 347 g/mol. The molecule has 3 aliphatic rings. The predicted molar refractivity (Wildman–Crippen MR) is 106 cm³/mol. The highest BCUT2D eigenvalue weighted by molar-refractivity contribution is 5.35. The SMILES string of the molecule is c1ccc(C2COC3(CCN(C[C@@H]4CCc5ccccc54)CC3)C2)cc1. The second-order valence-electron chi connectivity index (χ2n) is 8.54. The lowest BCUT2D eigenvalue weighted by Gasteiger charge is -2.39. The third-order valence-electron chi connectivity index (χ3n) is 6.98. The average molecular weight is 348 g/mol. The summed E-state index contributed by atoms with van der Waals surface area (Å²) in [5.74, 6) is 1.33. The van der Waals surface area contributed by atoms with Gasteiger partial charge in [0.2, 0.25) is 0 Å². The Hall–Kier alpha value is -1.64. The van der Waals surface area contributed by atoms with Gasteiger partial charge >= 0.3 is 0 Å². The van der Waals surface area contributed by atoms with Crippen molar-refractivity contribution in [3.63, 3.8) is 0 Å². The number of ether oxygens (including phenoxy) is 1. The molecule has 2 fully saturated rings. The van der Waals surface area contributed by atoms with Gasteiger partial charge in [-0.2, -0.15) is 0 Å². The normalized spacial score (nSPS) is 27.7. The number of benzene rings is 2. The quantitative estimate of drug-likeness (QED) is 0.794. The maximum Gasteiger partial charge on any atom is 0.0713 e. The summed E-state index contributed by atoms with van der Waals surface area (Å²) >= 11 is 0. The van der Waals surface area contributed by atoms with E-state index in [2.05, 4.69) is 59.5 Å². The third kappa shape index (κ3) is 3.10. The third-order valence-corrected chi connectivity index (χ3v) is 6.98. The van der Waals surface area contributed by atoms with Gasteiger partial charge in [-0.05, 0) is 54.7 Å². The summed E-state index contributed by atoms with van der Waals surface area (Å²) in [5, 5.41) is 0. The standard InChI is InChI=1S/C24H29NO/c1-2-6-19(7-3-1)22-16-24(26-18-22)12-14-25(15-13-24)17-21-11-10-20-8-4-5-9-23(20)21/h1-9,21-22H,10-18H2/t21-,22?/m0/s1. The minimum Gasteiger partial charge on any atom is -0.374 e. The predicted octanol–water partition coefficient (Wildman–Crippen LogP) is 4.76. The molecule has 2 aromatic carbocycles. The number of nitrogens with zero attached hydrogens (tertiary/aromatic N) is 1. The molecule has 2 nitrogen and oxygen atoms in total. The topological polar surface area (TPSA) is 12.5 Å². The highest BCUT2D eigenvalue weighted by Gasteiger charge is 2.43. The van der Waals surface area contributed by atoms with Crippen LogP contribution in [-0.2, 0) is 11.2 Å². The van der Waals surface area contributed by atoms with Crippen LogP contribution in [0.2, 0.25) is 0 Å². The van der Waals surface area contributed by atoms with Crippen molar-refractivity contribution in [2.75, 3.05) is 26.2 Å². The van der Waals surface area contributed by atoms with Crippen molar-refractivity contribution >= 4 is 0 Å². The van der Waals surface area contributed by atoms with Gasteiger partial charge in [-0.1, -0.05) is 54.6 Å². The summed E-state index contributed by atoms with van der Waals surface area (Å²) in [5.41, 5.74) is 4.78. The Morgan fingerprint density at radius 3 is 2.58 bits per heavy atom. The zero-order valence-electron chi connectivity index (χ0n) is 15.6. The van der Waals surface area contributed by atoms with E-state index < -0.39 is 0 Å². The summed E-state index contributed by atoms with van der Waals surface area (Å²) < 4.78 is 6.40. The van der Waals surface area contributed by atoms with E-state index in [9.17, 15) is 0 Å². The van der Waals surface area contributed by atoms with Gasteiger partial charge in [-0.3, -0.25) is 0 Å². The van der Waals surface area contributed by atoms with Crippen molar-refractivity contribution in [3.8, 4) is 0 Å². The molecule has 0 amide bonds. The summed E-state index contributed by atoms with van der Waals surface area (Å²) in [6.07, 6.45) is 6.20. The van der Waals surface area contributed by atoms with Crippen LogP contribution in [0.15, 0.2) is 54.6 Å². The molecule has 2 heterocycles. The molecular formula is C24H29NO. The first-order valence-electron chi connectivity index (χ1n) is 10.3. The molecule has 2 aliphatic heterocycles. The van der Waals surface area contributed by atoms with Crippen molar-refractivity contribution in [2.24, 2.45) is 0 Å². The van der Waals surface area contributed by atoms with E-state index in [-0.39, 0.29) is 5.60 Å². The Balaban J connectivity index is 1.18. The number of rotatable bonds is 3. The summed E-state index contributed by atoms with van der Waals surface area (Å²) in [7, 11) is 0. The molecule has 0 bridgehead atoms. The smallest absolute Gasteiger partial charge is 0.0713 e. The first-order valence-corrected chi connectivity index (χ1v) is 10.3. The fraction of sp³-hybridized carbons (Fsp3) is 0.500. The minimum absolute atomic E-state index is 0.143. The summed E-state index contributed by atoms with van der Waals surface area (Å²) in [4.78, 5) is 2.69. The van der Waals surface area contributed by atoms with Gasteiger partial charge in [0.1, 0.15) is 0 Å². The van der Waals surface area contributed by atoms with Gasteiger partial charge in [0.15, 0.2) is 0 Å². The Labute approximate surface area is 157 Å². The van der Waals surface area contributed by atoms with Crippen LogP contribution in [0.25, 0.3) is 0 Å². The lowest BCUT2D eigenvalue weighted by molar-refractivity contribution is -0.0442. The van der Waals surface area contributed by atoms with Crippen LogP contribution in [0.4, 0.5) is 0 Å². The highest BCUT2D eigenvalue weighted by atomic mass is 16.5. The zero-order valence-corrected chi connectivity index (χ0v) is 15.6. The van der Waals surface area contributed by atoms with Crippen molar-refractivity contribution in [1.82, 2.24) is 4.90 Å². The molecule has 1 spiro atoms. The van der Waals surface area contributed by atoms with Crippen LogP contribution in [0.3, 0.4) is 0 Å². The number of fused-ring (bicyclic) bond motifs is 1. The molecule has 1 unspecified atom stereocenters. The van der Waals surface area contributed by atoms with Crippen molar-refractivity contribution in [3.05, 3.63) is 71.3 Å². The number of likely N-dealkylation sites (tertiary alicyclic amines) is 1. The van der Waals surface area contributed by atoms with E-state index in [0.717, 1.165) is 12.5 Å². The summed E-state index contributed by atoms with van der Waals surface area (Å²) in [6, 6.07) is 20.0. The molecule has 2 atom stereocenters. The Morgan fingerprint density at radius 1 is 0.962 bits per heavy atom. The molecule has 0 N–H and O–H groups in total. The van der Waals surface area contributed by atoms with Crippen LogP contribution in [0.1, 0.15) is 54.2 Å². The molecule has 0 aromatic heterocycles. The second-order valence-corrected chi connectivity index (χ2v) is 8.54. The molecule has 26 heavy (non-hydrogen) atoms. The van der Waals surface area contributed by atoms with Gasteiger partial charge < -0.3 is 9.64 Å². The first-order chi connectivity index (χ1) is 12.8. The van der Waals surface area contributed by atoms with Crippen molar-refractivity contribution in [1.29, 1.82) is 0 Å². The number of aryl methyl sites for hydroxylation is 1. The van der Waals surface area contributed by atoms with Gasteiger partial charge in [0.05, 0.1) is 12.2 Å². The lowest BCUT2D eigenvalue weighted by atomic mass is 9.83. The highest BCUT2D eigenvalue weighted by Crippen LogP contribution is 2.43. The van der Waals surface area contributed by atoms with Crippen LogP contribution in [0, 0.1) is 0 Å². The van der Waals surface area contributed by atoms with Crippen molar-refractivity contribution < 1.29 is 4.74 Å². The van der Waals surface area contributed by atoms with E-state index >= 15 is 0 Å². The van der Waals surface area contributed by atoms with Gasteiger partial charge in [0.25, 0.3) is 0 Å². The molecule has 1 aliphatic carbocycles. The number of hydrogen-bond donors (Lipinski definition) is 0. The van der Waals surface area contributed by atoms with Crippen LogP contribution in [0.5, 0.6) is 0 Å². The average Bonchev–Trinajstić information content (AvgIpc) is 3.30. The summed E-state index contributed by atoms with van der Waals surface area (Å²) in [6.45, 7) is 4.52. The van der Waals surface area contributed by atoms with Gasteiger partial charge in [-0.15, -0.1) is 0 Å².